The molecule has 1 amide bonds. The Balaban J connectivity index is 1.86. The van der Waals surface area contributed by atoms with Gasteiger partial charge in [-0.2, -0.15) is 5.10 Å². The van der Waals surface area contributed by atoms with Crippen LogP contribution in [0.2, 0.25) is 5.02 Å². The van der Waals surface area contributed by atoms with E-state index in [1.165, 1.54) is 0 Å². The van der Waals surface area contributed by atoms with E-state index in [9.17, 15) is 9.59 Å². The third kappa shape index (κ3) is 2.82. The van der Waals surface area contributed by atoms with Gasteiger partial charge >= 0.3 is 0 Å². The van der Waals surface area contributed by atoms with Crippen LogP contribution in [0.15, 0.2) is 12.1 Å². The van der Waals surface area contributed by atoms with Crippen LogP contribution in [-0.2, 0) is 11.8 Å². The van der Waals surface area contributed by atoms with Crippen molar-refractivity contribution in [2.45, 2.75) is 13.8 Å². The molecule has 1 aliphatic heterocycles. The van der Waals surface area contributed by atoms with Crippen LogP contribution >= 0.6 is 11.6 Å². The first kappa shape index (κ1) is 16.3. The Labute approximate surface area is 143 Å². The van der Waals surface area contributed by atoms with Crippen LogP contribution < -0.4 is 14.8 Å². The van der Waals surface area contributed by atoms with E-state index < -0.39 is 11.7 Å². The highest BCUT2D eigenvalue weighted by Crippen LogP contribution is 2.38. The zero-order valence-corrected chi connectivity index (χ0v) is 14.2. The van der Waals surface area contributed by atoms with Gasteiger partial charge in [0.1, 0.15) is 13.2 Å². The number of nitrogens with one attached hydrogen (secondary N) is 1. The van der Waals surface area contributed by atoms with Gasteiger partial charge in [-0.25, -0.2) is 0 Å². The van der Waals surface area contributed by atoms with Crippen molar-refractivity contribution in [2.75, 3.05) is 18.5 Å². The van der Waals surface area contributed by atoms with Gasteiger partial charge in [0.2, 0.25) is 0 Å². The van der Waals surface area contributed by atoms with E-state index in [2.05, 4.69) is 10.4 Å². The first-order chi connectivity index (χ1) is 11.4. The molecule has 3 rings (SSSR count). The number of rotatable bonds is 3. The summed E-state index contributed by atoms with van der Waals surface area (Å²) in [4.78, 5) is 24.8. The zero-order valence-electron chi connectivity index (χ0n) is 13.5. The summed E-state index contributed by atoms with van der Waals surface area (Å²) in [5, 5.41) is 6.94. The molecule has 0 bridgehead atoms. The van der Waals surface area contributed by atoms with Crippen LogP contribution in [0.4, 0.5) is 5.69 Å². The number of amides is 1. The van der Waals surface area contributed by atoms with Crippen molar-refractivity contribution in [3.8, 4) is 11.5 Å². The number of anilines is 1. The molecule has 0 radical (unpaired) electrons. The van der Waals surface area contributed by atoms with Crippen LogP contribution in [0.25, 0.3) is 0 Å². The third-order valence-electron chi connectivity index (χ3n) is 3.82. The second-order valence-corrected chi connectivity index (χ2v) is 5.84. The number of ether oxygens (including phenoxy) is 2. The second-order valence-electron chi connectivity index (χ2n) is 5.43. The lowest BCUT2D eigenvalue weighted by molar-refractivity contribution is -0.112. The monoisotopic (exact) mass is 349 g/mol. The van der Waals surface area contributed by atoms with E-state index in [-0.39, 0.29) is 5.02 Å². The van der Waals surface area contributed by atoms with Crippen molar-refractivity contribution in [1.29, 1.82) is 0 Å². The lowest BCUT2D eigenvalue weighted by atomic mass is 10.1. The topological polar surface area (TPSA) is 82.5 Å². The lowest BCUT2D eigenvalue weighted by Gasteiger charge is -2.19. The van der Waals surface area contributed by atoms with Gasteiger partial charge in [-0.15, -0.1) is 0 Å². The SMILES string of the molecule is Cc1nn(C)c(C)c1C(=O)C(=O)Nc1cc2c(cc1Cl)OCCO2. The van der Waals surface area contributed by atoms with Crippen molar-refractivity contribution >= 4 is 29.0 Å². The highest BCUT2D eigenvalue weighted by Gasteiger charge is 2.25. The fourth-order valence-corrected chi connectivity index (χ4v) is 2.76. The number of hydrogen-bond acceptors (Lipinski definition) is 5. The molecule has 2 heterocycles. The van der Waals surface area contributed by atoms with E-state index in [1.807, 2.05) is 0 Å². The van der Waals surface area contributed by atoms with Crippen LogP contribution in [0, 0.1) is 13.8 Å². The van der Waals surface area contributed by atoms with Gasteiger partial charge in [-0.1, -0.05) is 11.6 Å². The number of nitrogens with zero attached hydrogens (tertiary/aromatic N) is 2. The maximum absolute atomic E-state index is 12.4. The van der Waals surface area contributed by atoms with Crippen molar-refractivity contribution in [3.05, 3.63) is 34.1 Å². The summed E-state index contributed by atoms with van der Waals surface area (Å²) >= 11 is 6.14. The number of fused-ring (bicyclic) bond motifs is 1. The van der Waals surface area contributed by atoms with Crippen molar-refractivity contribution in [2.24, 2.45) is 7.05 Å². The van der Waals surface area contributed by atoms with E-state index in [1.54, 1.807) is 37.7 Å². The Bertz CT molecular complexity index is 844. The molecule has 1 aliphatic rings. The Morgan fingerprint density at radius 2 is 1.83 bits per heavy atom. The summed E-state index contributed by atoms with van der Waals surface area (Å²) in [6, 6.07) is 3.10. The first-order valence-electron chi connectivity index (χ1n) is 7.33. The molecule has 0 unspecified atom stereocenters. The van der Waals surface area contributed by atoms with E-state index in [0.717, 1.165) is 0 Å². The van der Waals surface area contributed by atoms with Crippen LogP contribution in [0.1, 0.15) is 21.7 Å². The molecule has 2 aromatic rings. The van der Waals surface area contributed by atoms with Gasteiger partial charge in [0.05, 0.1) is 22.0 Å². The molecule has 0 fully saturated rings. The minimum Gasteiger partial charge on any atom is -0.486 e. The van der Waals surface area contributed by atoms with Gasteiger partial charge in [0.15, 0.2) is 11.5 Å². The van der Waals surface area contributed by atoms with E-state index in [0.29, 0.717) is 47.4 Å². The largest absolute Gasteiger partial charge is 0.486 e. The Morgan fingerprint density at radius 1 is 1.21 bits per heavy atom. The smallest absolute Gasteiger partial charge is 0.296 e. The summed E-state index contributed by atoms with van der Waals surface area (Å²) < 4.78 is 12.4. The molecule has 1 aromatic heterocycles. The molecule has 24 heavy (non-hydrogen) atoms. The Hall–Kier alpha value is -2.54. The molecule has 0 aliphatic carbocycles. The van der Waals surface area contributed by atoms with Crippen molar-refractivity contribution in [3.63, 3.8) is 0 Å². The summed E-state index contributed by atoms with van der Waals surface area (Å²) in [5.41, 5.74) is 1.71. The molecule has 0 spiro atoms. The molecule has 7 nitrogen and oxygen atoms in total. The predicted octanol–water partition coefficient (Wildman–Crippen LogP) is 2.28. The normalized spacial score (nSPS) is 12.8. The number of Topliss-reactive ketones (excluding diaryl/α,β-unsaturated/α-hetero) is 1. The van der Waals surface area contributed by atoms with Gasteiger partial charge in [-0.05, 0) is 13.8 Å². The Kier molecular flexibility index (Phi) is 4.19. The fourth-order valence-electron chi connectivity index (χ4n) is 2.55. The van der Waals surface area contributed by atoms with Gasteiger partial charge in [-0.3, -0.25) is 14.3 Å². The maximum atomic E-state index is 12.4. The van der Waals surface area contributed by atoms with Crippen LogP contribution in [0.5, 0.6) is 11.5 Å². The molecule has 8 heteroatoms. The van der Waals surface area contributed by atoms with Crippen LogP contribution in [-0.4, -0.2) is 34.7 Å². The van der Waals surface area contributed by atoms with E-state index >= 15 is 0 Å². The standard InChI is InChI=1S/C16H16ClN3O4/c1-8-14(9(2)20(3)19-8)15(21)16(22)18-11-7-13-12(6-10(11)17)23-4-5-24-13/h6-7H,4-5H2,1-3H3,(H,18,22). The first-order valence-corrected chi connectivity index (χ1v) is 7.71. The number of aryl methyl sites for hydroxylation is 2. The second kappa shape index (κ2) is 6.16. The molecular formula is C16H16ClN3O4. The average Bonchev–Trinajstić information content (AvgIpc) is 2.80. The number of aromatic nitrogens is 2. The van der Waals surface area contributed by atoms with Gasteiger partial charge in [0.25, 0.3) is 11.7 Å². The molecule has 0 saturated heterocycles. The third-order valence-corrected chi connectivity index (χ3v) is 4.14. The molecule has 1 aromatic carbocycles. The van der Waals surface area contributed by atoms with Crippen molar-refractivity contribution < 1.29 is 19.1 Å². The molecule has 0 saturated carbocycles. The fraction of sp³-hybridized carbons (Fsp3) is 0.312. The summed E-state index contributed by atoms with van der Waals surface area (Å²) in [6.07, 6.45) is 0. The van der Waals surface area contributed by atoms with Crippen LogP contribution in [0.3, 0.4) is 0 Å². The minimum absolute atomic E-state index is 0.264. The molecular weight excluding hydrogens is 334 g/mol. The van der Waals surface area contributed by atoms with E-state index in [4.69, 9.17) is 21.1 Å². The van der Waals surface area contributed by atoms with Crippen molar-refractivity contribution in [1.82, 2.24) is 9.78 Å². The maximum Gasteiger partial charge on any atom is 0.296 e. The summed E-state index contributed by atoms with van der Waals surface area (Å²) in [5.74, 6) is -0.464. The Morgan fingerprint density at radius 3 is 2.42 bits per heavy atom. The summed E-state index contributed by atoms with van der Waals surface area (Å²) in [6.45, 7) is 4.27. The highest BCUT2D eigenvalue weighted by molar-refractivity contribution is 6.47. The number of carbonyl (C=O) groups excluding carboxylic acids is 2. The number of hydrogen-bond donors (Lipinski definition) is 1. The quantitative estimate of drug-likeness (QED) is 0.679. The highest BCUT2D eigenvalue weighted by atomic mass is 35.5. The predicted molar refractivity (Wildman–Crippen MR) is 88.1 cm³/mol. The molecule has 126 valence electrons. The van der Waals surface area contributed by atoms with Gasteiger partial charge in [0, 0.05) is 24.9 Å². The summed E-state index contributed by atoms with van der Waals surface area (Å²) in [7, 11) is 1.72. The number of halogens is 1. The minimum atomic E-state index is -0.784. The average molecular weight is 350 g/mol. The number of benzene rings is 1. The molecule has 1 N–H and O–H groups in total. The molecule has 0 atom stereocenters. The number of ketones is 1. The lowest BCUT2D eigenvalue weighted by Crippen LogP contribution is -2.24. The zero-order chi connectivity index (χ0) is 17.4. The number of carbonyl (C=O) groups is 2. The van der Waals surface area contributed by atoms with Gasteiger partial charge < -0.3 is 14.8 Å².